The minimum atomic E-state index is -0.0298. The van der Waals surface area contributed by atoms with Crippen molar-refractivity contribution in [2.75, 3.05) is 0 Å². The van der Waals surface area contributed by atoms with Crippen molar-refractivity contribution in [2.45, 2.75) is 0 Å². The van der Waals surface area contributed by atoms with Crippen molar-refractivity contribution in [1.82, 2.24) is 0 Å². The van der Waals surface area contributed by atoms with Gasteiger partial charge in [0.1, 0.15) is 0 Å². The minimum Gasteiger partial charge on any atom is -0.369 e. The molecule has 0 saturated heterocycles. The second kappa shape index (κ2) is 3.72. The average Bonchev–Trinajstić information content (AvgIpc) is 2.39. The summed E-state index contributed by atoms with van der Waals surface area (Å²) in [5.74, 6) is -0.0298. The molecule has 1 aromatic heterocycles. The zero-order valence-corrected chi connectivity index (χ0v) is 6.58. The smallest absolute Gasteiger partial charge is 0.211 e. The van der Waals surface area contributed by atoms with E-state index in [0.29, 0.717) is 0 Å². The monoisotopic (exact) mass is 168 g/mol. The molecule has 0 aromatic carbocycles. The largest absolute Gasteiger partial charge is 0.369 e. The first kappa shape index (κ1) is 7.74. The molecule has 58 valence electrons. The fraction of sp³-hybridized carbons (Fsp3) is 0. The van der Waals surface area contributed by atoms with Crippen molar-refractivity contribution in [3.8, 4) is 0 Å². The van der Waals surface area contributed by atoms with Crippen LogP contribution < -0.4 is 11.5 Å². The van der Waals surface area contributed by atoms with Crippen molar-refractivity contribution < 1.29 is 0 Å². The van der Waals surface area contributed by atoms with Crippen LogP contribution in [-0.2, 0) is 0 Å². The molecule has 0 aliphatic heterocycles. The maximum atomic E-state index is 5.05. The predicted molar refractivity (Wildman–Crippen MR) is 47.7 cm³/mol. The first-order valence-electron chi connectivity index (χ1n) is 2.94. The molecule has 0 spiro atoms. The zero-order valence-electron chi connectivity index (χ0n) is 5.77. The molecule has 0 saturated carbocycles. The van der Waals surface area contributed by atoms with Crippen LogP contribution >= 0.6 is 11.3 Å². The first-order chi connectivity index (χ1) is 5.29. The van der Waals surface area contributed by atoms with Gasteiger partial charge in [0, 0.05) is 4.88 Å². The molecule has 1 aromatic rings. The Morgan fingerprint density at radius 3 is 2.91 bits per heavy atom. The Morgan fingerprint density at radius 1 is 1.55 bits per heavy atom. The standard InChI is InChI=1S/C6H8N4S/c7-6(8)10-9-4-5-2-1-3-11-5/h1-4H,(H4,7,8,10). The van der Waals surface area contributed by atoms with Gasteiger partial charge in [0.2, 0.25) is 5.96 Å². The molecular formula is C6H8N4S. The fourth-order valence-corrected chi connectivity index (χ4v) is 1.10. The van der Waals surface area contributed by atoms with Crippen molar-refractivity contribution in [1.29, 1.82) is 0 Å². The maximum Gasteiger partial charge on any atom is 0.211 e. The number of nitrogens with two attached hydrogens (primary N) is 2. The summed E-state index contributed by atoms with van der Waals surface area (Å²) in [5, 5.41) is 9.04. The second-order valence-corrected chi connectivity index (χ2v) is 2.76. The van der Waals surface area contributed by atoms with E-state index in [-0.39, 0.29) is 5.96 Å². The summed E-state index contributed by atoms with van der Waals surface area (Å²) in [6.07, 6.45) is 1.60. The van der Waals surface area contributed by atoms with Crippen LogP contribution in [0.15, 0.2) is 27.7 Å². The summed E-state index contributed by atoms with van der Waals surface area (Å²) >= 11 is 1.57. The van der Waals surface area contributed by atoms with Gasteiger partial charge in [0.25, 0.3) is 0 Å². The third-order valence-corrected chi connectivity index (χ3v) is 1.71. The highest BCUT2D eigenvalue weighted by Crippen LogP contribution is 2.04. The highest BCUT2D eigenvalue weighted by molar-refractivity contribution is 7.11. The Balaban J connectivity index is 2.56. The van der Waals surface area contributed by atoms with Gasteiger partial charge >= 0.3 is 0 Å². The molecule has 1 heterocycles. The van der Waals surface area contributed by atoms with E-state index in [0.717, 1.165) is 4.88 Å². The number of nitrogens with zero attached hydrogens (tertiary/aromatic N) is 2. The number of hydrogen-bond acceptors (Lipinski definition) is 3. The maximum absolute atomic E-state index is 5.05. The van der Waals surface area contributed by atoms with Gasteiger partial charge in [-0.3, -0.25) is 0 Å². The SMILES string of the molecule is NC(N)=NN=Cc1cccs1. The van der Waals surface area contributed by atoms with Gasteiger partial charge < -0.3 is 11.5 Å². The third kappa shape index (κ3) is 2.81. The quantitative estimate of drug-likeness (QED) is 0.380. The van der Waals surface area contributed by atoms with E-state index < -0.39 is 0 Å². The summed E-state index contributed by atoms with van der Waals surface area (Å²) in [6.45, 7) is 0. The lowest BCUT2D eigenvalue weighted by atomic mass is 10.5. The Kier molecular flexibility index (Phi) is 2.62. The van der Waals surface area contributed by atoms with Crippen LogP contribution in [-0.4, -0.2) is 12.2 Å². The molecule has 0 atom stereocenters. The minimum absolute atomic E-state index is 0.0298. The van der Waals surface area contributed by atoms with E-state index in [1.165, 1.54) is 0 Å². The molecule has 0 amide bonds. The van der Waals surface area contributed by atoms with Crippen LogP contribution in [0.4, 0.5) is 0 Å². The van der Waals surface area contributed by atoms with Gasteiger partial charge in [-0.05, 0) is 11.4 Å². The highest BCUT2D eigenvalue weighted by Gasteiger charge is 1.84. The third-order valence-electron chi connectivity index (χ3n) is 0.901. The van der Waals surface area contributed by atoms with E-state index in [1.54, 1.807) is 17.6 Å². The summed E-state index contributed by atoms with van der Waals surface area (Å²) in [4.78, 5) is 1.02. The molecule has 1 rings (SSSR count). The molecule has 0 bridgehead atoms. The zero-order chi connectivity index (χ0) is 8.10. The fourth-order valence-electron chi connectivity index (χ4n) is 0.517. The molecule has 11 heavy (non-hydrogen) atoms. The van der Waals surface area contributed by atoms with E-state index in [1.807, 2.05) is 17.5 Å². The average molecular weight is 168 g/mol. The number of thiophene rings is 1. The van der Waals surface area contributed by atoms with Gasteiger partial charge in [0.05, 0.1) is 6.21 Å². The van der Waals surface area contributed by atoms with E-state index in [9.17, 15) is 0 Å². The van der Waals surface area contributed by atoms with Gasteiger partial charge in [-0.15, -0.1) is 16.4 Å². The van der Waals surface area contributed by atoms with Crippen molar-refractivity contribution in [3.63, 3.8) is 0 Å². The number of hydrogen-bond donors (Lipinski definition) is 2. The molecule has 0 aliphatic carbocycles. The topological polar surface area (TPSA) is 76.8 Å². The lowest BCUT2D eigenvalue weighted by Crippen LogP contribution is -2.21. The normalized spacial score (nSPS) is 10.2. The number of guanidine groups is 1. The van der Waals surface area contributed by atoms with E-state index in [2.05, 4.69) is 10.2 Å². The first-order valence-corrected chi connectivity index (χ1v) is 3.82. The highest BCUT2D eigenvalue weighted by atomic mass is 32.1. The van der Waals surface area contributed by atoms with Gasteiger partial charge in [-0.2, -0.15) is 5.10 Å². The van der Waals surface area contributed by atoms with Crippen molar-refractivity contribution in [2.24, 2.45) is 21.7 Å². The van der Waals surface area contributed by atoms with Crippen molar-refractivity contribution >= 4 is 23.5 Å². The molecular weight excluding hydrogens is 160 g/mol. The van der Waals surface area contributed by atoms with Crippen LogP contribution in [0.3, 0.4) is 0 Å². The molecule has 5 heteroatoms. The van der Waals surface area contributed by atoms with Gasteiger partial charge in [-0.25, -0.2) is 0 Å². The lowest BCUT2D eigenvalue weighted by molar-refractivity contribution is 1.22. The Morgan fingerprint density at radius 2 is 2.36 bits per heavy atom. The molecule has 0 aliphatic rings. The second-order valence-electron chi connectivity index (χ2n) is 1.78. The molecule has 0 unspecified atom stereocenters. The van der Waals surface area contributed by atoms with Crippen LogP contribution in [0.2, 0.25) is 0 Å². The van der Waals surface area contributed by atoms with E-state index in [4.69, 9.17) is 11.5 Å². The van der Waals surface area contributed by atoms with Gasteiger partial charge in [0.15, 0.2) is 0 Å². The Hall–Kier alpha value is -1.36. The summed E-state index contributed by atoms with van der Waals surface area (Å²) in [5.41, 5.74) is 10.1. The van der Waals surface area contributed by atoms with Crippen LogP contribution in [0.25, 0.3) is 0 Å². The predicted octanol–water partition coefficient (Wildman–Crippen LogP) is 0.355. The number of rotatable bonds is 2. The van der Waals surface area contributed by atoms with Crippen molar-refractivity contribution in [3.05, 3.63) is 22.4 Å². The van der Waals surface area contributed by atoms with Gasteiger partial charge in [-0.1, -0.05) is 6.07 Å². The van der Waals surface area contributed by atoms with E-state index >= 15 is 0 Å². The molecule has 4 nitrogen and oxygen atoms in total. The Bertz CT molecular complexity index is 258. The Labute approximate surface area is 68.2 Å². The van der Waals surface area contributed by atoms with Crippen LogP contribution in [0, 0.1) is 0 Å². The molecule has 0 fully saturated rings. The summed E-state index contributed by atoms with van der Waals surface area (Å²) in [7, 11) is 0. The van der Waals surface area contributed by atoms with Crippen LogP contribution in [0.1, 0.15) is 4.88 Å². The molecule has 4 N–H and O–H groups in total. The lowest BCUT2D eigenvalue weighted by Gasteiger charge is -1.82. The summed E-state index contributed by atoms with van der Waals surface area (Å²) < 4.78 is 0. The van der Waals surface area contributed by atoms with Crippen LogP contribution in [0.5, 0.6) is 0 Å². The molecule has 0 radical (unpaired) electrons. The summed E-state index contributed by atoms with van der Waals surface area (Å²) in [6, 6.07) is 3.86.